The van der Waals surface area contributed by atoms with Crippen molar-refractivity contribution in [1.29, 1.82) is 0 Å². The maximum absolute atomic E-state index is 6.15. The van der Waals surface area contributed by atoms with Crippen molar-refractivity contribution in [2.24, 2.45) is 0 Å². The molecule has 96 valence electrons. The first-order chi connectivity index (χ1) is 9.75. The highest BCUT2D eigenvalue weighted by Crippen LogP contribution is 2.28. The van der Waals surface area contributed by atoms with Crippen LogP contribution in [0.2, 0.25) is 0 Å². The smallest absolute Gasteiger partial charge is 0.237 e. The number of fused-ring (bicyclic) bond motifs is 2. The molecule has 0 saturated heterocycles. The molecule has 0 aliphatic heterocycles. The van der Waals surface area contributed by atoms with Crippen LogP contribution in [-0.4, -0.2) is 26.4 Å². The molecule has 0 unspecified atom stereocenters. The third-order valence-corrected chi connectivity index (χ3v) is 4.03. The molecule has 0 bridgehead atoms. The van der Waals surface area contributed by atoms with Gasteiger partial charge in [0.15, 0.2) is 11.6 Å². The highest BCUT2D eigenvalue weighted by atomic mass is 32.1. The molecular weight excluding hydrogens is 267 g/mol. The number of aromatic nitrogens is 4. The summed E-state index contributed by atoms with van der Waals surface area (Å²) >= 11 is 4.55. The third-order valence-electron chi connectivity index (χ3n) is 3.60. The summed E-state index contributed by atoms with van der Waals surface area (Å²) in [5.74, 6) is 1.31. The molecule has 0 saturated carbocycles. The average Bonchev–Trinajstić information content (AvgIpc) is 2.98. The molecule has 2 aromatic heterocycles. The number of thiol groups is 1. The fourth-order valence-corrected chi connectivity index (χ4v) is 2.93. The lowest BCUT2D eigenvalue weighted by atomic mass is 10.1. The Morgan fingerprint density at radius 3 is 2.80 bits per heavy atom. The normalized spacial score (nSPS) is 13.8. The Morgan fingerprint density at radius 1 is 1.15 bits per heavy atom. The molecule has 6 heteroatoms. The molecule has 0 amide bonds. The van der Waals surface area contributed by atoms with E-state index in [1.165, 1.54) is 0 Å². The Hall–Kier alpha value is -1.95. The van der Waals surface area contributed by atoms with E-state index in [9.17, 15) is 0 Å². The number of hydrogen-bond donors (Lipinski definition) is 1. The molecule has 1 aliphatic carbocycles. The fourth-order valence-electron chi connectivity index (χ4n) is 2.59. The Balaban J connectivity index is 1.98. The van der Waals surface area contributed by atoms with Gasteiger partial charge in [-0.05, 0) is 31.1 Å². The number of allylic oxidation sites excluding steroid dienone is 1. The molecule has 3 aromatic rings. The van der Waals surface area contributed by atoms with E-state index in [1.54, 1.807) is 8.45 Å². The molecule has 2 radical (unpaired) electrons. The van der Waals surface area contributed by atoms with Gasteiger partial charge in [-0.25, -0.2) is 9.97 Å². The summed E-state index contributed by atoms with van der Waals surface area (Å²) in [6.07, 6.45) is 6.10. The topological polar surface area (TPSA) is 35.6 Å². The summed E-state index contributed by atoms with van der Waals surface area (Å²) < 4.78 is 3.36. The van der Waals surface area contributed by atoms with Crippen LogP contribution >= 0.6 is 12.8 Å². The first-order valence-electron chi connectivity index (χ1n) is 6.46. The van der Waals surface area contributed by atoms with Crippen LogP contribution in [0.1, 0.15) is 17.8 Å². The maximum atomic E-state index is 6.15. The zero-order chi connectivity index (χ0) is 13.7. The van der Waals surface area contributed by atoms with Crippen LogP contribution in [0.3, 0.4) is 0 Å². The standard InChI is InChI=1S/C14H11BN4S/c15-18-11-7-3-1-5-9(11)16-13(18)14-17-10-6-2-4-8-12(10)19(14)20/h1-3,5-7,20H,4,8H2. The van der Waals surface area contributed by atoms with Crippen molar-refractivity contribution in [2.45, 2.75) is 12.8 Å². The minimum Gasteiger partial charge on any atom is -0.378 e. The highest BCUT2D eigenvalue weighted by molar-refractivity contribution is 7.78. The van der Waals surface area contributed by atoms with E-state index in [2.05, 4.69) is 28.9 Å². The van der Waals surface area contributed by atoms with Crippen molar-refractivity contribution in [3.8, 4) is 11.6 Å². The largest absolute Gasteiger partial charge is 0.378 e. The molecule has 2 heterocycles. The lowest BCUT2D eigenvalue weighted by Crippen LogP contribution is -2.01. The second kappa shape index (κ2) is 4.28. The van der Waals surface area contributed by atoms with Gasteiger partial charge in [-0.3, -0.25) is 3.97 Å². The summed E-state index contributed by atoms with van der Waals surface area (Å²) in [6, 6.07) is 7.77. The van der Waals surface area contributed by atoms with Gasteiger partial charge in [-0.2, -0.15) is 0 Å². The van der Waals surface area contributed by atoms with Crippen molar-refractivity contribution >= 4 is 37.9 Å². The van der Waals surface area contributed by atoms with E-state index in [0.717, 1.165) is 35.3 Å². The van der Waals surface area contributed by atoms with Crippen molar-refractivity contribution in [3.05, 3.63) is 41.7 Å². The Bertz CT molecular complexity index is 846. The van der Waals surface area contributed by atoms with Gasteiger partial charge < -0.3 is 4.48 Å². The lowest BCUT2D eigenvalue weighted by Gasteiger charge is -2.06. The van der Waals surface area contributed by atoms with Gasteiger partial charge in [0.1, 0.15) is 0 Å². The number of nitrogens with zero attached hydrogens (tertiary/aromatic N) is 4. The van der Waals surface area contributed by atoms with Crippen LogP contribution in [0.15, 0.2) is 30.3 Å². The van der Waals surface area contributed by atoms with Crippen LogP contribution < -0.4 is 0 Å². The van der Waals surface area contributed by atoms with E-state index in [0.29, 0.717) is 11.6 Å². The van der Waals surface area contributed by atoms with Crippen molar-refractivity contribution in [1.82, 2.24) is 18.4 Å². The maximum Gasteiger partial charge on any atom is 0.237 e. The van der Waals surface area contributed by atoms with Gasteiger partial charge in [-0.15, -0.1) is 0 Å². The van der Waals surface area contributed by atoms with Crippen molar-refractivity contribution in [3.63, 3.8) is 0 Å². The minimum atomic E-state index is 0.629. The second-order valence-electron chi connectivity index (χ2n) is 4.81. The first-order valence-corrected chi connectivity index (χ1v) is 6.86. The molecule has 4 rings (SSSR count). The molecule has 4 nitrogen and oxygen atoms in total. The molecule has 0 fully saturated rings. The number of rotatable bonds is 1. The lowest BCUT2D eigenvalue weighted by molar-refractivity contribution is 0.926. The van der Waals surface area contributed by atoms with Gasteiger partial charge in [-0.1, -0.05) is 31.0 Å². The molecule has 1 aromatic carbocycles. The van der Waals surface area contributed by atoms with E-state index >= 15 is 0 Å². The van der Waals surface area contributed by atoms with Crippen LogP contribution in [0.5, 0.6) is 0 Å². The van der Waals surface area contributed by atoms with Crippen LogP contribution in [0.4, 0.5) is 0 Å². The van der Waals surface area contributed by atoms with Gasteiger partial charge in [0.05, 0.1) is 22.4 Å². The van der Waals surface area contributed by atoms with E-state index < -0.39 is 0 Å². The van der Waals surface area contributed by atoms with Crippen molar-refractivity contribution < 1.29 is 0 Å². The highest BCUT2D eigenvalue weighted by Gasteiger charge is 2.20. The van der Waals surface area contributed by atoms with E-state index in [-0.39, 0.29) is 0 Å². The predicted octanol–water partition coefficient (Wildman–Crippen LogP) is 2.48. The molecule has 20 heavy (non-hydrogen) atoms. The molecule has 1 aliphatic rings. The quantitative estimate of drug-likeness (QED) is 0.548. The summed E-state index contributed by atoms with van der Waals surface area (Å²) in [6.45, 7) is 0. The third kappa shape index (κ3) is 1.58. The molecule has 0 N–H and O–H groups in total. The monoisotopic (exact) mass is 278 g/mol. The minimum absolute atomic E-state index is 0.629. The molecular formula is C14H11BN4S. The van der Waals surface area contributed by atoms with Crippen LogP contribution in [0, 0.1) is 0 Å². The summed E-state index contributed by atoms with van der Waals surface area (Å²) in [7, 11) is 6.15. The molecule has 0 atom stereocenters. The Labute approximate surface area is 123 Å². The first kappa shape index (κ1) is 11.8. The summed E-state index contributed by atoms with van der Waals surface area (Å²) in [4.78, 5) is 9.18. The van der Waals surface area contributed by atoms with E-state index in [1.807, 2.05) is 30.3 Å². The fraction of sp³-hybridized carbons (Fsp3) is 0.143. The SMILES string of the molecule is [B]n1c(-c2nc3c(n2S)CCC=C3)nc2ccccc21. The number of imidazole rings is 2. The zero-order valence-electron chi connectivity index (χ0n) is 10.7. The van der Waals surface area contributed by atoms with Crippen molar-refractivity contribution in [2.75, 3.05) is 0 Å². The predicted molar refractivity (Wildman–Crippen MR) is 83.8 cm³/mol. The van der Waals surface area contributed by atoms with Gasteiger partial charge in [0.2, 0.25) is 7.98 Å². The zero-order valence-corrected chi connectivity index (χ0v) is 11.6. The molecule has 0 spiro atoms. The average molecular weight is 278 g/mol. The van der Waals surface area contributed by atoms with Gasteiger partial charge in [0, 0.05) is 0 Å². The Kier molecular flexibility index (Phi) is 2.53. The van der Waals surface area contributed by atoms with Crippen LogP contribution in [0.25, 0.3) is 28.8 Å². The second-order valence-corrected chi connectivity index (χ2v) is 5.21. The number of para-hydroxylation sites is 2. The summed E-state index contributed by atoms with van der Waals surface area (Å²) in [5.41, 5.74) is 3.80. The van der Waals surface area contributed by atoms with Gasteiger partial charge in [0.25, 0.3) is 0 Å². The Morgan fingerprint density at radius 2 is 2.00 bits per heavy atom. The number of hydrogen-bond acceptors (Lipinski definition) is 3. The number of benzene rings is 1. The summed E-state index contributed by atoms with van der Waals surface area (Å²) in [5, 5.41) is 0. The van der Waals surface area contributed by atoms with Gasteiger partial charge >= 0.3 is 0 Å². The van der Waals surface area contributed by atoms with E-state index in [4.69, 9.17) is 7.98 Å². The van der Waals surface area contributed by atoms with Crippen LogP contribution in [-0.2, 0) is 6.42 Å².